The van der Waals surface area contributed by atoms with Gasteiger partial charge in [-0.1, -0.05) is 33.1 Å². The van der Waals surface area contributed by atoms with E-state index in [0.29, 0.717) is 17.7 Å². The minimum absolute atomic E-state index is 0.579. The van der Waals surface area contributed by atoms with Crippen LogP contribution in [0.25, 0.3) is 0 Å². The van der Waals surface area contributed by atoms with Gasteiger partial charge in [-0.05, 0) is 28.3 Å². The number of nitrogens with zero attached hydrogens (tertiary/aromatic N) is 2. The van der Waals surface area contributed by atoms with E-state index in [2.05, 4.69) is 45.1 Å². The average Bonchev–Trinajstić information content (AvgIpc) is 2.40. The first-order chi connectivity index (χ1) is 8.71. The Morgan fingerprint density at radius 2 is 2.22 bits per heavy atom. The van der Waals surface area contributed by atoms with E-state index in [4.69, 9.17) is 4.74 Å². The number of aromatic nitrogens is 2. The summed E-state index contributed by atoms with van der Waals surface area (Å²) in [6.07, 6.45) is 6.56. The van der Waals surface area contributed by atoms with Crippen molar-refractivity contribution in [3.05, 3.63) is 10.7 Å². The highest BCUT2D eigenvalue weighted by Gasteiger charge is 2.10. The monoisotopic (exact) mass is 315 g/mol. The second-order valence-electron chi connectivity index (χ2n) is 4.32. The highest BCUT2D eigenvalue weighted by atomic mass is 79.9. The Balaban J connectivity index is 2.55. The van der Waals surface area contributed by atoms with Crippen LogP contribution in [0.15, 0.2) is 10.7 Å². The minimum Gasteiger partial charge on any atom is -0.476 e. The van der Waals surface area contributed by atoms with Gasteiger partial charge in [-0.15, -0.1) is 0 Å². The molecule has 0 fully saturated rings. The fourth-order valence-electron chi connectivity index (χ4n) is 1.67. The summed E-state index contributed by atoms with van der Waals surface area (Å²) < 4.78 is 6.59. The average molecular weight is 316 g/mol. The van der Waals surface area contributed by atoms with Gasteiger partial charge >= 0.3 is 0 Å². The van der Waals surface area contributed by atoms with Crippen LogP contribution in [-0.2, 0) is 0 Å². The van der Waals surface area contributed by atoms with Crippen LogP contribution >= 0.6 is 15.9 Å². The Morgan fingerprint density at radius 1 is 1.44 bits per heavy atom. The molecule has 0 bridgehead atoms. The molecule has 0 saturated heterocycles. The molecule has 1 unspecified atom stereocenters. The number of anilines is 1. The van der Waals surface area contributed by atoms with Crippen LogP contribution in [0.1, 0.15) is 39.5 Å². The van der Waals surface area contributed by atoms with Crippen LogP contribution in [0.5, 0.6) is 5.88 Å². The molecule has 0 aliphatic heterocycles. The lowest BCUT2D eigenvalue weighted by Gasteiger charge is -2.15. The van der Waals surface area contributed by atoms with Crippen molar-refractivity contribution >= 4 is 21.9 Å². The molecule has 1 rings (SSSR count). The molecule has 1 aromatic heterocycles. The maximum atomic E-state index is 5.79. The van der Waals surface area contributed by atoms with Gasteiger partial charge in [0.2, 0.25) is 11.8 Å². The summed E-state index contributed by atoms with van der Waals surface area (Å²) >= 11 is 3.41. The molecule has 0 aliphatic carbocycles. The first kappa shape index (κ1) is 15.2. The highest BCUT2D eigenvalue weighted by Crippen LogP contribution is 2.24. The lowest BCUT2D eigenvalue weighted by molar-refractivity contribution is 0.224. The third-order valence-electron chi connectivity index (χ3n) is 2.93. The SMILES string of the molecule is CCCCC(CC)COc1nc(NC)ncc1Br. The third-order valence-corrected chi connectivity index (χ3v) is 3.48. The van der Waals surface area contributed by atoms with E-state index >= 15 is 0 Å². The van der Waals surface area contributed by atoms with Gasteiger partial charge in [-0.2, -0.15) is 4.98 Å². The molecule has 18 heavy (non-hydrogen) atoms. The fraction of sp³-hybridized carbons (Fsp3) is 0.692. The standard InChI is InChI=1S/C13H22BrN3O/c1-4-6-7-10(5-2)9-18-12-11(14)8-16-13(15-3)17-12/h8,10H,4-7,9H2,1-3H3,(H,15,16,17). The Bertz CT molecular complexity index is 360. The van der Waals surface area contributed by atoms with Gasteiger partial charge in [0.15, 0.2) is 0 Å². The van der Waals surface area contributed by atoms with Crippen LogP contribution < -0.4 is 10.1 Å². The predicted molar refractivity (Wildman–Crippen MR) is 78.1 cm³/mol. The molecular weight excluding hydrogens is 294 g/mol. The molecule has 1 heterocycles. The lowest BCUT2D eigenvalue weighted by atomic mass is 10.0. The zero-order valence-corrected chi connectivity index (χ0v) is 13.0. The summed E-state index contributed by atoms with van der Waals surface area (Å²) in [5, 5.41) is 2.91. The predicted octanol–water partition coefficient (Wildman–Crippen LogP) is 3.88. The molecule has 0 amide bonds. The smallest absolute Gasteiger partial charge is 0.232 e. The van der Waals surface area contributed by atoms with E-state index in [-0.39, 0.29) is 0 Å². The zero-order chi connectivity index (χ0) is 13.4. The quantitative estimate of drug-likeness (QED) is 0.791. The van der Waals surface area contributed by atoms with E-state index in [1.807, 2.05) is 0 Å². The molecule has 1 N–H and O–H groups in total. The van der Waals surface area contributed by atoms with Crippen molar-refractivity contribution in [1.29, 1.82) is 0 Å². The second-order valence-corrected chi connectivity index (χ2v) is 5.18. The molecule has 0 radical (unpaired) electrons. The van der Waals surface area contributed by atoms with Crippen molar-refractivity contribution < 1.29 is 4.74 Å². The number of hydrogen-bond donors (Lipinski definition) is 1. The molecule has 0 aromatic carbocycles. The van der Waals surface area contributed by atoms with Gasteiger partial charge in [0, 0.05) is 7.05 Å². The van der Waals surface area contributed by atoms with E-state index in [9.17, 15) is 0 Å². The number of nitrogens with one attached hydrogen (secondary N) is 1. The van der Waals surface area contributed by atoms with Crippen molar-refractivity contribution in [1.82, 2.24) is 9.97 Å². The highest BCUT2D eigenvalue weighted by molar-refractivity contribution is 9.10. The molecule has 5 heteroatoms. The Morgan fingerprint density at radius 3 is 2.83 bits per heavy atom. The number of unbranched alkanes of at least 4 members (excludes halogenated alkanes) is 1. The van der Waals surface area contributed by atoms with Gasteiger partial charge < -0.3 is 10.1 Å². The van der Waals surface area contributed by atoms with Crippen molar-refractivity contribution in [3.63, 3.8) is 0 Å². The summed E-state index contributed by atoms with van der Waals surface area (Å²) in [6.45, 7) is 5.14. The maximum Gasteiger partial charge on any atom is 0.232 e. The summed E-state index contributed by atoms with van der Waals surface area (Å²) in [5.74, 6) is 1.80. The maximum absolute atomic E-state index is 5.79. The van der Waals surface area contributed by atoms with E-state index < -0.39 is 0 Å². The lowest BCUT2D eigenvalue weighted by Crippen LogP contribution is -2.12. The summed E-state index contributed by atoms with van der Waals surface area (Å²) in [7, 11) is 1.79. The van der Waals surface area contributed by atoms with E-state index in [0.717, 1.165) is 17.5 Å². The number of hydrogen-bond acceptors (Lipinski definition) is 4. The molecule has 0 saturated carbocycles. The fourth-order valence-corrected chi connectivity index (χ4v) is 1.97. The normalized spacial score (nSPS) is 12.2. The molecule has 1 atom stereocenters. The van der Waals surface area contributed by atoms with Crippen LogP contribution in [-0.4, -0.2) is 23.6 Å². The summed E-state index contributed by atoms with van der Waals surface area (Å²) in [4.78, 5) is 8.39. The van der Waals surface area contributed by atoms with Crippen LogP contribution in [0, 0.1) is 5.92 Å². The second kappa shape index (κ2) is 8.29. The van der Waals surface area contributed by atoms with Crippen molar-refractivity contribution in [3.8, 4) is 5.88 Å². The molecule has 0 spiro atoms. The van der Waals surface area contributed by atoms with Crippen molar-refractivity contribution in [2.24, 2.45) is 5.92 Å². The van der Waals surface area contributed by atoms with Crippen molar-refractivity contribution in [2.45, 2.75) is 39.5 Å². The first-order valence-corrected chi connectivity index (χ1v) is 7.33. The Kier molecular flexibility index (Phi) is 7.01. The minimum atomic E-state index is 0.579. The number of rotatable bonds is 8. The van der Waals surface area contributed by atoms with Gasteiger partial charge in [0.05, 0.1) is 17.3 Å². The zero-order valence-electron chi connectivity index (χ0n) is 11.4. The Labute approximate surface area is 118 Å². The van der Waals surface area contributed by atoms with E-state index in [1.54, 1.807) is 13.2 Å². The molecule has 1 aromatic rings. The summed E-state index contributed by atoms with van der Waals surface area (Å²) in [6, 6.07) is 0. The molecule has 4 nitrogen and oxygen atoms in total. The largest absolute Gasteiger partial charge is 0.476 e. The third kappa shape index (κ3) is 4.80. The number of halogens is 1. The number of ether oxygens (including phenoxy) is 1. The van der Waals surface area contributed by atoms with Gasteiger partial charge in [-0.3, -0.25) is 0 Å². The Hall–Kier alpha value is -0.840. The molecular formula is C13H22BrN3O. The van der Waals surface area contributed by atoms with Crippen LogP contribution in [0.4, 0.5) is 5.95 Å². The van der Waals surface area contributed by atoms with Crippen LogP contribution in [0.2, 0.25) is 0 Å². The topological polar surface area (TPSA) is 47.0 Å². The van der Waals surface area contributed by atoms with E-state index in [1.165, 1.54) is 19.3 Å². The van der Waals surface area contributed by atoms with Crippen molar-refractivity contribution in [2.75, 3.05) is 19.0 Å². The van der Waals surface area contributed by atoms with Gasteiger partial charge in [0.25, 0.3) is 0 Å². The molecule has 0 aliphatic rings. The molecule has 102 valence electrons. The summed E-state index contributed by atoms with van der Waals surface area (Å²) in [5.41, 5.74) is 0. The first-order valence-electron chi connectivity index (χ1n) is 6.54. The van der Waals surface area contributed by atoms with Gasteiger partial charge in [0.1, 0.15) is 0 Å². The van der Waals surface area contributed by atoms with Crippen LogP contribution in [0.3, 0.4) is 0 Å². The van der Waals surface area contributed by atoms with Gasteiger partial charge in [-0.25, -0.2) is 4.98 Å².